The fourth-order valence-corrected chi connectivity index (χ4v) is 1.97. The fourth-order valence-electron chi connectivity index (χ4n) is 1.36. The van der Waals surface area contributed by atoms with Crippen molar-refractivity contribution < 1.29 is 5.11 Å². The molecule has 0 fully saturated rings. The highest BCUT2D eigenvalue weighted by molar-refractivity contribution is 9.10. The maximum Gasteiger partial charge on any atom is 0.0635 e. The van der Waals surface area contributed by atoms with E-state index in [0.29, 0.717) is 5.92 Å². The summed E-state index contributed by atoms with van der Waals surface area (Å²) in [5.41, 5.74) is 2.26. The molecule has 0 aliphatic heterocycles. The Bertz CT molecular complexity index is 325. The minimum atomic E-state index is 0.101. The molecule has 15 heavy (non-hydrogen) atoms. The van der Waals surface area contributed by atoms with Crippen molar-refractivity contribution in [2.24, 2.45) is 5.92 Å². The van der Waals surface area contributed by atoms with Crippen LogP contribution in [0.4, 0.5) is 5.69 Å². The van der Waals surface area contributed by atoms with Crippen molar-refractivity contribution in [2.75, 3.05) is 11.9 Å². The first-order valence-corrected chi connectivity index (χ1v) is 5.97. The summed E-state index contributed by atoms with van der Waals surface area (Å²) in [5, 5.41) is 12.6. The third-order valence-electron chi connectivity index (χ3n) is 2.47. The molecule has 0 aliphatic carbocycles. The van der Waals surface area contributed by atoms with Gasteiger partial charge >= 0.3 is 0 Å². The first kappa shape index (κ1) is 12.5. The Kier molecular flexibility index (Phi) is 4.61. The molecule has 0 spiro atoms. The topological polar surface area (TPSA) is 32.3 Å². The van der Waals surface area contributed by atoms with Gasteiger partial charge in [-0.3, -0.25) is 0 Å². The van der Waals surface area contributed by atoms with Gasteiger partial charge in [-0.1, -0.05) is 19.9 Å². The van der Waals surface area contributed by atoms with Crippen LogP contribution in [0.5, 0.6) is 0 Å². The second-order valence-electron chi connectivity index (χ2n) is 4.16. The number of benzene rings is 1. The number of halogens is 1. The molecule has 0 heterocycles. The van der Waals surface area contributed by atoms with Gasteiger partial charge in [-0.2, -0.15) is 0 Å². The lowest BCUT2D eigenvalue weighted by Gasteiger charge is -2.22. The van der Waals surface area contributed by atoms with Gasteiger partial charge in [0.1, 0.15) is 0 Å². The molecule has 1 aromatic rings. The fraction of sp³-hybridized carbons (Fsp3) is 0.500. The summed E-state index contributed by atoms with van der Waals surface area (Å²) < 4.78 is 1.04. The van der Waals surface area contributed by atoms with E-state index in [1.54, 1.807) is 0 Å². The third-order valence-corrected chi connectivity index (χ3v) is 3.12. The van der Waals surface area contributed by atoms with E-state index < -0.39 is 0 Å². The zero-order valence-corrected chi connectivity index (χ0v) is 11.0. The summed E-state index contributed by atoms with van der Waals surface area (Å²) in [7, 11) is 0. The van der Waals surface area contributed by atoms with Gasteiger partial charge in [-0.15, -0.1) is 0 Å². The molecule has 0 saturated heterocycles. The van der Waals surface area contributed by atoms with Gasteiger partial charge in [0, 0.05) is 10.2 Å². The monoisotopic (exact) mass is 271 g/mol. The summed E-state index contributed by atoms with van der Waals surface area (Å²) in [6.45, 7) is 6.39. The van der Waals surface area contributed by atoms with Crippen LogP contribution in [-0.4, -0.2) is 17.8 Å². The van der Waals surface area contributed by atoms with Crippen LogP contribution in [0.3, 0.4) is 0 Å². The molecule has 0 aliphatic rings. The van der Waals surface area contributed by atoms with Crippen molar-refractivity contribution in [2.45, 2.75) is 26.8 Å². The molecule has 84 valence electrons. The van der Waals surface area contributed by atoms with Crippen LogP contribution in [0.15, 0.2) is 22.7 Å². The van der Waals surface area contributed by atoms with Gasteiger partial charge in [0.25, 0.3) is 0 Å². The van der Waals surface area contributed by atoms with Gasteiger partial charge in [-0.05, 0) is 46.5 Å². The zero-order valence-electron chi connectivity index (χ0n) is 9.42. The minimum absolute atomic E-state index is 0.101. The molecule has 0 saturated carbocycles. The molecule has 0 radical (unpaired) electrons. The molecule has 1 unspecified atom stereocenters. The molecular formula is C12H18BrNO. The molecule has 1 aromatic carbocycles. The lowest BCUT2D eigenvalue weighted by Crippen LogP contribution is -2.29. The maximum atomic E-state index is 9.23. The van der Waals surface area contributed by atoms with Crippen LogP contribution in [0.1, 0.15) is 19.4 Å². The van der Waals surface area contributed by atoms with E-state index in [1.165, 1.54) is 5.56 Å². The Morgan fingerprint density at radius 1 is 1.40 bits per heavy atom. The lowest BCUT2D eigenvalue weighted by atomic mass is 10.0. The summed E-state index contributed by atoms with van der Waals surface area (Å²) in [6, 6.07) is 6.26. The van der Waals surface area contributed by atoms with Crippen molar-refractivity contribution in [3.05, 3.63) is 28.2 Å². The van der Waals surface area contributed by atoms with Crippen LogP contribution in [0, 0.1) is 12.8 Å². The quantitative estimate of drug-likeness (QED) is 0.882. The predicted molar refractivity (Wildman–Crippen MR) is 68.2 cm³/mol. The normalized spacial score (nSPS) is 12.9. The summed E-state index contributed by atoms with van der Waals surface area (Å²) in [6.07, 6.45) is 0. The molecule has 0 bridgehead atoms. The number of nitrogens with one attached hydrogen (secondary N) is 1. The molecule has 1 rings (SSSR count). The Morgan fingerprint density at radius 2 is 2.07 bits per heavy atom. The number of aliphatic hydroxyl groups excluding tert-OH is 1. The van der Waals surface area contributed by atoms with Crippen molar-refractivity contribution in [3.63, 3.8) is 0 Å². The SMILES string of the molecule is Cc1ccc(NC(CO)C(C)C)c(Br)c1. The van der Waals surface area contributed by atoms with E-state index in [-0.39, 0.29) is 12.6 Å². The van der Waals surface area contributed by atoms with Gasteiger partial charge in [0.2, 0.25) is 0 Å². The Morgan fingerprint density at radius 3 is 2.53 bits per heavy atom. The molecule has 0 amide bonds. The second-order valence-corrected chi connectivity index (χ2v) is 5.02. The van der Waals surface area contributed by atoms with Crippen molar-refractivity contribution in [3.8, 4) is 0 Å². The molecule has 2 nitrogen and oxygen atoms in total. The molecule has 2 N–H and O–H groups in total. The number of aryl methyl sites for hydroxylation is 1. The van der Waals surface area contributed by atoms with Crippen LogP contribution in [0.25, 0.3) is 0 Å². The second kappa shape index (κ2) is 5.52. The lowest BCUT2D eigenvalue weighted by molar-refractivity contribution is 0.249. The first-order valence-electron chi connectivity index (χ1n) is 5.18. The Balaban J connectivity index is 2.79. The molecule has 3 heteroatoms. The maximum absolute atomic E-state index is 9.23. The Labute approximate surface area is 99.8 Å². The van der Waals surface area contributed by atoms with E-state index in [0.717, 1.165) is 10.2 Å². The smallest absolute Gasteiger partial charge is 0.0635 e. The number of aliphatic hydroxyl groups is 1. The molecule has 0 aromatic heterocycles. The largest absolute Gasteiger partial charge is 0.394 e. The van der Waals surface area contributed by atoms with Crippen LogP contribution in [-0.2, 0) is 0 Å². The van der Waals surface area contributed by atoms with Crippen molar-refractivity contribution in [1.82, 2.24) is 0 Å². The first-order chi connectivity index (χ1) is 7.04. The Hall–Kier alpha value is -0.540. The van der Waals surface area contributed by atoms with Crippen LogP contribution >= 0.6 is 15.9 Å². The minimum Gasteiger partial charge on any atom is -0.394 e. The molecule has 1 atom stereocenters. The summed E-state index contributed by atoms with van der Waals surface area (Å²) >= 11 is 3.51. The standard InChI is InChI=1S/C12H18BrNO/c1-8(2)12(7-15)14-11-5-4-9(3)6-10(11)13/h4-6,8,12,14-15H,7H2,1-3H3. The highest BCUT2D eigenvalue weighted by Gasteiger charge is 2.12. The number of rotatable bonds is 4. The van der Waals surface area contributed by atoms with Gasteiger partial charge in [-0.25, -0.2) is 0 Å². The van der Waals surface area contributed by atoms with Gasteiger partial charge in [0.05, 0.1) is 12.6 Å². The molecular weight excluding hydrogens is 254 g/mol. The van der Waals surface area contributed by atoms with E-state index in [4.69, 9.17) is 0 Å². The van der Waals surface area contributed by atoms with E-state index in [9.17, 15) is 5.11 Å². The number of hydrogen-bond donors (Lipinski definition) is 2. The van der Waals surface area contributed by atoms with E-state index in [1.807, 2.05) is 6.07 Å². The van der Waals surface area contributed by atoms with Crippen LogP contribution < -0.4 is 5.32 Å². The number of anilines is 1. The third kappa shape index (κ3) is 3.50. The number of hydrogen-bond acceptors (Lipinski definition) is 2. The highest BCUT2D eigenvalue weighted by atomic mass is 79.9. The van der Waals surface area contributed by atoms with Crippen LogP contribution in [0.2, 0.25) is 0 Å². The van der Waals surface area contributed by atoms with Gasteiger partial charge in [0.15, 0.2) is 0 Å². The average Bonchev–Trinajstić information content (AvgIpc) is 2.16. The summed E-state index contributed by atoms with van der Waals surface area (Å²) in [4.78, 5) is 0. The van der Waals surface area contributed by atoms with Crippen molar-refractivity contribution >= 4 is 21.6 Å². The van der Waals surface area contributed by atoms with E-state index >= 15 is 0 Å². The highest BCUT2D eigenvalue weighted by Crippen LogP contribution is 2.24. The van der Waals surface area contributed by atoms with Gasteiger partial charge < -0.3 is 10.4 Å². The average molecular weight is 272 g/mol. The van der Waals surface area contributed by atoms with Crippen molar-refractivity contribution in [1.29, 1.82) is 0 Å². The zero-order chi connectivity index (χ0) is 11.4. The predicted octanol–water partition coefficient (Wildman–Crippen LogP) is 3.19. The summed E-state index contributed by atoms with van der Waals surface area (Å²) in [5.74, 6) is 0.406. The van der Waals surface area contributed by atoms with E-state index in [2.05, 4.69) is 54.2 Å².